The van der Waals surface area contributed by atoms with Gasteiger partial charge < -0.3 is 9.80 Å². The Bertz CT molecular complexity index is 467. The monoisotopic (exact) mass is 289 g/mol. The van der Waals surface area contributed by atoms with Crippen LogP contribution in [0.25, 0.3) is 0 Å². The highest BCUT2D eigenvalue weighted by Crippen LogP contribution is 2.19. The molecular formula is C17H27N3O. The Morgan fingerprint density at radius 2 is 1.71 bits per heavy atom. The number of rotatable bonds is 5. The van der Waals surface area contributed by atoms with Crippen molar-refractivity contribution in [1.29, 1.82) is 0 Å². The van der Waals surface area contributed by atoms with Crippen LogP contribution in [0.1, 0.15) is 19.4 Å². The van der Waals surface area contributed by atoms with Crippen LogP contribution in [0.4, 0.5) is 5.69 Å². The molecule has 1 aliphatic rings. The van der Waals surface area contributed by atoms with E-state index in [0.29, 0.717) is 6.54 Å². The van der Waals surface area contributed by atoms with E-state index in [0.717, 1.165) is 50.5 Å². The topological polar surface area (TPSA) is 26.8 Å². The van der Waals surface area contributed by atoms with E-state index in [1.807, 2.05) is 30.0 Å². The molecule has 0 N–H and O–H groups in total. The molecule has 1 heterocycles. The SMILES string of the molecule is CCN1CCN(CC(=O)N(CC)c2ccccc2C)CC1. The van der Waals surface area contributed by atoms with Crippen LogP contribution in [-0.4, -0.2) is 61.5 Å². The Morgan fingerprint density at radius 1 is 1.10 bits per heavy atom. The lowest BCUT2D eigenvalue weighted by Crippen LogP contribution is -2.50. The summed E-state index contributed by atoms with van der Waals surface area (Å²) in [6, 6.07) is 8.11. The summed E-state index contributed by atoms with van der Waals surface area (Å²) in [7, 11) is 0. The van der Waals surface area contributed by atoms with Crippen LogP contribution in [0, 0.1) is 6.92 Å². The van der Waals surface area contributed by atoms with Crippen molar-refractivity contribution in [3.05, 3.63) is 29.8 Å². The summed E-state index contributed by atoms with van der Waals surface area (Å²) in [5.74, 6) is 0.205. The second-order valence-electron chi connectivity index (χ2n) is 5.63. The van der Waals surface area contributed by atoms with Gasteiger partial charge in [-0.1, -0.05) is 25.1 Å². The average Bonchev–Trinajstić information content (AvgIpc) is 2.50. The maximum Gasteiger partial charge on any atom is 0.241 e. The Kier molecular flexibility index (Phi) is 5.76. The molecule has 1 fully saturated rings. The number of amides is 1. The van der Waals surface area contributed by atoms with E-state index in [1.54, 1.807) is 0 Å². The molecule has 0 aromatic heterocycles. The summed E-state index contributed by atoms with van der Waals surface area (Å²) in [5, 5.41) is 0. The minimum absolute atomic E-state index is 0.205. The molecule has 4 heteroatoms. The Hall–Kier alpha value is -1.39. The molecule has 1 amide bonds. The van der Waals surface area contributed by atoms with Crippen molar-refractivity contribution in [2.75, 3.05) is 50.7 Å². The van der Waals surface area contributed by atoms with Gasteiger partial charge in [0.05, 0.1) is 6.54 Å². The second kappa shape index (κ2) is 7.57. The van der Waals surface area contributed by atoms with Gasteiger partial charge in [-0.3, -0.25) is 9.69 Å². The summed E-state index contributed by atoms with van der Waals surface area (Å²) >= 11 is 0. The van der Waals surface area contributed by atoms with Crippen LogP contribution in [0.2, 0.25) is 0 Å². The number of hydrogen-bond donors (Lipinski definition) is 0. The van der Waals surface area contributed by atoms with Crippen LogP contribution < -0.4 is 4.90 Å². The third-order valence-corrected chi connectivity index (χ3v) is 4.29. The van der Waals surface area contributed by atoms with E-state index in [9.17, 15) is 4.79 Å². The smallest absolute Gasteiger partial charge is 0.241 e. The van der Waals surface area contributed by atoms with E-state index in [-0.39, 0.29) is 5.91 Å². The van der Waals surface area contributed by atoms with Crippen LogP contribution in [0.5, 0.6) is 0 Å². The Balaban J connectivity index is 1.97. The molecule has 1 aliphatic heterocycles. The van der Waals surface area contributed by atoms with E-state index >= 15 is 0 Å². The first-order chi connectivity index (χ1) is 10.2. The van der Waals surface area contributed by atoms with Gasteiger partial charge in [-0.2, -0.15) is 0 Å². The summed E-state index contributed by atoms with van der Waals surface area (Å²) in [4.78, 5) is 19.2. The van der Waals surface area contributed by atoms with Gasteiger partial charge in [0.25, 0.3) is 0 Å². The maximum atomic E-state index is 12.6. The molecule has 0 unspecified atom stereocenters. The van der Waals surface area contributed by atoms with E-state index < -0.39 is 0 Å². The highest BCUT2D eigenvalue weighted by Gasteiger charge is 2.21. The fourth-order valence-corrected chi connectivity index (χ4v) is 2.89. The van der Waals surface area contributed by atoms with Crippen molar-refractivity contribution in [3.8, 4) is 0 Å². The Morgan fingerprint density at radius 3 is 2.29 bits per heavy atom. The van der Waals surface area contributed by atoms with Gasteiger partial charge in [0.1, 0.15) is 0 Å². The van der Waals surface area contributed by atoms with Gasteiger partial charge in [-0.25, -0.2) is 0 Å². The molecular weight excluding hydrogens is 262 g/mol. The number of aryl methyl sites for hydroxylation is 1. The van der Waals surface area contributed by atoms with Crippen molar-refractivity contribution >= 4 is 11.6 Å². The first-order valence-corrected chi connectivity index (χ1v) is 7.96. The third kappa shape index (κ3) is 4.05. The van der Waals surface area contributed by atoms with Gasteiger partial charge in [-0.15, -0.1) is 0 Å². The maximum absolute atomic E-state index is 12.6. The fourth-order valence-electron chi connectivity index (χ4n) is 2.89. The number of likely N-dealkylation sites (N-methyl/N-ethyl adjacent to an activating group) is 2. The van der Waals surface area contributed by atoms with Crippen LogP contribution in [0.15, 0.2) is 24.3 Å². The summed E-state index contributed by atoms with van der Waals surface area (Å²) in [6.45, 7) is 12.8. The number of nitrogens with zero attached hydrogens (tertiary/aromatic N) is 3. The normalized spacial score (nSPS) is 16.9. The second-order valence-corrected chi connectivity index (χ2v) is 5.63. The van der Waals surface area contributed by atoms with Gasteiger partial charge in [0, 0.05) is 38.4 Å². The van der Waals surface area contributed by atoms with Gasteiger partial charge in [0.2, 0.25) is 5.91 Å². The minimum Gasteiger partial charge on any atom is -0.311 e. The fraction of sp³-hybridized carbons (Fsp3) is 0.588. The molecule has 1 aromatic rings. The van der Waals surface area contributed by atoms with Crippen LogP contribution in [-0.2, 0) is 4.79 Å². The first kappa shape index (κ1) is 16.0. The predicted molar refractivity (Wildman–Crippen MR) is 87.8 cm³/mol. The zero-order valence-electron chi connectivity index (χ0n) is 13.5. The van der Waals surface area contributed by atoms with Crippen molar-refractivity contribution in [1.82, 2.24) is 9.80 Å². The molecule has 1 aromatic carbocycles. The number of carbonyl (C=O) groups excluding carboxylic acids is 1. The van der Waals surface area contributed by atoms with Crippen molar-refractivity contribution in [3.63, 3.8) is 0 Å². The molecule has 0 atom stereocenters. The van der Waals surface area contributed by atoms with Crippen LogP contribution in [0.3, 0.4) is 0 Å². The molecule has 0 aliphatic carbocycles. The molecule has 1 saturated heterocycles. The quantitative estimate of drug-likeness (QED) is 0.829. The molecule has 0 bridgehead atoms. The number of para-hydroxylation sites is 1. The zero-order valence-corrected chi connectivity index (χ0v) is 13.5. The average molecular weight is 289 g/mol. The molecule has 0 saturated carbocycles. The number of hydrogen-bond acceptors (Lipinski definition) is 3. The summed E-state index contributed by atoms with van der Waals surface area (Å²) in [5.41, 5.74) is 2.20. The molecule has 0 radical (unpaired) electrons. The lowest BCUT2D eigenvalue weighted by atomic mass is 10.1. The lowest BCUT2D eigenvalue weighted by Gasteiger charge is -2.34. The predicted octanol–water partition coefficient (Wildman–Crippen LogP) is 1.99. The largest absolute Gasteiger partial charge is 0.311 e. The minimum atomic E-state index is 0.205. The summed E-state index contributed by atoms with van der Waals surface area (Å²) in [6.07, 6.45) is 0. The van der Waals surface area contributed by atoms with Crippen molar-refractivity contribution in [2.24, 2.45) is 0 Å². The Labute approximate surface area is 128 Å². The van der Waals surface area contributed by atoms with Crippen LogP contribution >= 0.6 is 0 Å². The van der Waals surface area contributed by atoms with Gasteiger partial charge in [-0.05, 0) is 32.0 Å². The van der Waals surface area contributed by atoms with E-state index in [1.165, 1.54) is 0 Å². The number of piperazine rings is 1. The number of carbonyl (C=O) groups is 1. The van der Waals surface area contributed by atoms with E-state index in [2.05, 4.69) is 29.7 Å². The highest BCUT2D eigenvalue weighted by atomic mass is 16.2. The molecule has 4 nitrogen and oxygen atoms in total. The summed E-state index contributed by atoms with van der Waals surface area (Å²) < 4.78 is 0. The van der Waals surface area contributed by atoms with Crippen molar-refractivity contribution in [2.45, 2.75) is 20.8 Å². The van der Waals surface area contributed by atoms with Gasteiger partial charge >= 0.3 is 0 Å². The number of anilines is 1. The third-order valence-electron chi connectivity index (χ3n) is 4.29. The van der Waals surface area contributed by atoms with Crippen molar-refractivity contribution < 1.29 is 4.79 Å². The highest BCUT2D eigenvalue weighted by molar-refractivity contribution is 5.95. The zero-order chi connectivity index (χ0) is 15.2. The molecule has 2 rings (SSSR count). The molecule has 21 heavy (non-hydrogen) atoms. The lowest BCUT2D eigenvalue weighted by molar-refractivity contribution is -0.120. The first-order valence-electron chi connectivity index (χ1n) is 7.96. The standard InChI is InChI=1S/C17H27N3O/c1-4-18-10-12-19(13-11-18)14-17(21)20(5-2)16-9-7-6-8-15(16)3/h6-9H,4-5,10-14H2,1-3H3. The molecule has 116 valence electrons. The molecule has 0 spiro atoms. The van der Waals surface area contributed by atoms with E-state index in [4.69, 9.17) is 0 Å². The number of benzene rings is 1. The van der Waals surface area contributed by atoms with Gasteiger partial charge in [0.15, 0.2) is 0 Å².